The van der Waals surface area contributed by atoms with E-state index in [9.17, 15) is 0 Å². The van der Waals surface area contributed by atoms with Crippen molar-refractivity contribution in [1.82, 2.24) is 0 Å². The molecule has 3 rings (SSSR count). The van der Waals surface area contributed by atoms with Crippen molar-refractivity contribution >= 4 is 17.4 Å². The Morgan fingerprint density at radius 3 is 2.77 bits per heavy atom. The first-order chi connectivity index (χ1) is 10.8. The lowest BCUT2D eigenvalue weighted by Gasteiger charge is -2.21. The predicted molar refractivity (Wildman–Crippen MR) is 92.4 cm³/mol. The van der Waals surface area contributed by atoms with Crippen LogP contribution in [-0.2, 0) is 5.75 Å². The molecule has 0 aliphatic carbocycles. The molecule has 0 fully saturated rings. The molecule has 3 nitrogen and oxygen atoms in total. The number of ether oxygens (including phenoxy) is 2. The summed E-state index contributed by atoms with van der Waals surface area (Å²) in [6.07, 6.45) is 1.04. The molecule has 1 aliphatic rings. The summed E-state index contributed by atoms with van der Waals surface area (Å²) in [5, 5.41) is 0. The van der Waals surface area contributed by atoms with Crippen LogP contribution in [0.2, 0.25) is 0 Å². The maximum Gasteiger partial charge on any atom is 0.159 e. The highest BCUT2D eigenvalue weighted by Gasteiger charge is 2.21. The average molecular weight is 315 g/mol. The van der Waals surface area contributed by atoms with Gasteiger partial charge in [-0.15, -0.1) is 11.8 Å². The Morgan fingerprint density at radius 1 is 1.18 bits per heavy atom. The van der Waals surface area contributed by atoms with Crippen LogP contribution in [0.3, 0.4) is 0 Å². The van der Waals surface area contributed by atoms with Gasteiger partial charge in [-0.05, 0) is 24.1 Å². The van der Waals surface area contributed by atoms with Crippen molar-refractivity contribution in [3.63, 3.8) is 0 Å². The van der Waals surface area contributed by atoms with Crippen LogP contribution < -0.4 is 14.4 Å². The van der Waals surface area contributed by atoms with Crippen LogP contribution in [0.5, 0.6) is 11.5 Å². The maximum atomic E-state index is 6.04. The van der Waals surface area contributed by atoms with Gasteiger partial charge in [0.05, 0.1) is 24.3 Å². The van der Waals surface area contributed by atoms with E-state index in [4.69, 9.17) is 9.47 Å². The molecule has 0 N–H and O–H groups in total. The van der Waals surface area contributed by atoms with E-state index in [0.717, 1.165) is 47.4 Å². The molecule has 0 radical (unpaired) electrons. The summed E-state index contributed by atoms with van der Waals surface area (Å²) in [4.78, 5) is 3.35. The van der Waals surface area contributed by atoms with Gasteiger partial charge in [0.1, 0.15) is 5.75 Å². The Kier molecular flexibility index (Phi) is 4.78. The topological polar surface area (TPSA) is 21.7 Å². The fourth-order valence-electron chi connectivity index (χ4n) is 2.60. The molecular weight excluding hydrogens is 294 g/mol. The SMILES string of the molecule is COc1ccc2c(c1SCc1ccccc1)OCCCN2C. The monoisotopic (exact) mass is 315 g/mol. The van der Waals surface area contributed by atoms with Crippen molar-refractivity contribution < 1.29 is 9.47 Å². The van der Waals surface area contributed by atoms with Gasteiger partial charge in [0.15, 0.2) is 5.75 Å². The quantitative estimate of drug-likeness (QED) is 0.788. The van der Waals surface area contributed by atoms with Gasteiger partial charge in [0.2, 0.25) is 0 Å². The molecule has 1 heterocycles. The molecule has 22 heavy (non-hydrogen) atoms. The largest absolute Gasteiger partial charge is 0.495 e. The number of nitrogens with zero attached hydrogens (tertiary/aromatic N) is 1. The molecule has 0 aromatic heterocycles. The van der Waals surface area contributed by atoms with Crippen molar-refractivity contribution in [3.05, 3.63) is 48.0 Å². The molecule has 0 bridgehead atoms. The third kappa shape index (κ3) is 3.17. The van der Waals surface area contributed by atoms with Crippen LogP contribution in [0.1, 0.15) is 12.0 Å². The molecule has 0 amide bonds. The zero-order valence-electron chi connectivity index (χ0n) is 13.0. The predicted octanol–water partition coefficient (Wildman–Crippen LogP) is 4.21. The van der Waals surface area contributed by atoms with E-state index in [1.807, 2.05) is 12.1 Å². The lowest BCUT2D eigenvalue weighted by Crippen LogP contribution is -2.17. The van der Waals surface area contributed by atoms with Crippen molar-refractivity contribution in [3.8, 4) is 11.5 Å². The number of anilines is 1. The first-order valence-corrected chi connectivity index (χ1v) is 8.50. The Morgan fingerprint density at radius 2 is 2.00 bits per heavy atom. The van der Waals surface area contributed by atoms with E-state index in [0.29, 0.717) is 0 Å². The van der Waals surface area contributed by atoms with E-state index in [2.05, 4.69) is 42.3 Å². The molecule has 116 valence electrons. The normalized spacial score (nSPS) is 14.0. The number of fused-ring (bicyclic) bond motifs is 1. The molecule has 4 heteroatoms. The third-order valence-electron chi connectivity index (χ3n) is 3.80. The third-order valence-corrected chi connectivity index (χ3v) is 4.95. The Balaban J connectivity index is 1.92. The first kappa shape index (κ1) is 15.1. The minimum absolute atomic E-state index is 0.753. The smallest absolute Gasteiger partial charge is 0.159 e. The summed E-state index contributed by atoms with van der Waals surface area (Å²) in [7, 11) is 3.83. The summed E-state index contributed by atoms with van der Waals surface area (Å²) >= 11 is 1.77. The van der Waals surface area contributed by atoms with E-state index in [-0.39, 0.29) is 0 Å². The van der Waals surface area contributed by atoms with Crippen molar-refractivity contribution in [1.29, 1.82) is 0 Å². The van der Waals surface area contributed by atoms with Gasteiger partial charge in [0, 0.05) is 19.3 Å². The zero-order valence-corrected chi connectivity index (χ0v) is 13.9. The molecule has 1 aliphatic heterocycles. The van der Waals surface area contributed by atoms with Gasteiger partial charge in [-0.1, -0.05) is 30.3 Å². The zero-order chi connectivity index (χ0) is 15.4. The highest BCUT2D eigenvalue weighted by atomic mass is 32.2. The molecular formula is C18H21NO2S. The van der Waals surface area contributed by atoms with E-state index < -0.39 is 0 Å². The lowest BCUT2D eigenvalue weighted by molar-refractivity contribution is 0.310. The van der Waals surface area contributed by atoms with E-state index in [1.54, 1.807) is 18.9 Å². The summed E-state index contributed by atoms with van der Waals surface area (Å²) in [5.41, 5.74) is 2.45. The van der Waals surface area contributed by atoms with Gasteiger partial charge >= 0.3 is 0 Å². The molecule has 0 atom stereocenters. The highest BCUT2D eigenvalue weighted by Crippen LogP contribution is 2.45. The Labute approximate surface area is 136 Å². The highest BCUT2D eigenvalue weighted by molar-refractivity contribution is 7.98. The molecule has 0 saturated carbocycles. The number of rotatable bonds is 4. The van der Waals surface area contributed by atoms with Crippen LogP contribution in [0.25, 0.3) is 0 Å². The average Bonchev–Trinajstić information content (AvgIpc) is 2.75. The van der Waals surface area contributed by atoms with E-state index >= 15 is 0 Å². The molecule has 0 unspecified atom stereocenters. The second kappa shape index (κ2) is 6.97. The second-order valence-corrected chi connectivity index (χ2v) is 6.33. The number of hydrogen-bond acceptors (Lipinski definition) is 4. The van der Waals surface area contributed by atoms with Gasteiger partial charge in [0.25, 0.3) is 0 Å². The van der Waals surface area contributed by atoms with Crippen molar-refractivity contribution in [2.75, 3.05) is 32.2 Å². The Bertz CT molecular complexity index is 630. The lowest BCUT2D eigenvalue weighted by atomic mass is 10.2. The van der Waals surface area contributed by atoms with Gasteiger partial charge < -0.3 is 14.4 Å². The van der Waals surface area contributed by atoms with E-state index in [1.165, 1.54) is 5.56 Å². The van der Waals surface area contributed by atoms with Crippen LogP contribution in [-0.4, -0.2) is 27.3 Å². The number of benzene rings is 2. The number of hydrogen-bond donors (Lipinski definition) is 0. The minimum atomic E-state index is 0.753. The van der Waals surface area contributed by atoms with Crippen LogP contribution >= 0.6 is 11.8 Å². The molecule has 0 saturated heterocycles. The summed E-state index contributed by atoms with van der Waals surface area (Å²) in [6.45, 7) is 1.77. The molecule has 2 aromatic rings. The number of methoxy groups -OCH3 is 1. The Hall–Kier alpha value is -1.81. The van der Waals surface area contributed by atoms with Crippen LogP contribution in [0.4, 0.5) is 5.69 Å². The molecule has 0 spiro atoms. The second-order valence-electron chi connectivity index (χ2n) is 5.34. The standard InChI is InChI=1S/C18H21NO2S/c1-19-11-6-12-21-17-15(19)9-10-16(20-2)18(17)22-13-14-7-4-3-5-8-14/h3-5,7-10H,6,11-13H2,1-2H3. The minimum Gasteiger partial charge on any atom is -0.495 e. The summed E-state index contributed by atoms with van der Waals surface area (Å²) < 4.78 is 11.6. The first-order valence-electron chi connectivity index (χ1n) is 7.51. The van der Waals surface area contributed by atoms with Gasteiger partial charge in [-0.25, -0.2) is 0 Å². The van der Waals surface area contributed by atoms with Crippen molar-refractivity contribution in [2.24, 2.45) is 0 Å². The maximum absolute atomic E-state index is 6.04. The van der Waals surface area contributed by atoms with Crippen molar-refractivity contribution in [2.45, 2.75) is 17.1 Å². The summed E-state index contributed by atoms with van der Waals surface area (Å²) in [5.74, 6) is 2.75. The fraction of sp³-hybridized carbons (Fsp3) is 0.333. The van der Waals surface area contributed by atoms with Crippen LogP contribution in [0, 0.1) is 0 Å². The van der Waals surface area contributed by atoms with Gasteiger partial charge in [-0.2, -0.15) is 0 Å². The van der Waals surface area contributed by atoms with Gasteiger partial charge in [-0.3, -0.25) is 0 Å². The fourth-order valence-corrected chi connectivity index (χ4v) is 3.69. The van der Waals surface area contributed by atoms with Crippen LogP contribution in [0.15, 0.2) is 47.4 Å². The summed E-state index contributed by atoms with van der Waals surface area (Å²) in [6, 6.07) is 14.6. The number of thioether (sulfide) groups is 1. The molecule has 2 aromatic carbocycles.